The summed E-state index contributed by atoms with van der Waals surface area (Å²) in [6, 6.07) is 9.99. The van der Waals surface area contributed by atoms with Gasteiger partial charge in [-0.15, -0.1) is 0 Å². The molecule has 0 fully saturated rings. The molecule has 3 rings (SSSR count). The SMILES string of the molecule is COc1ccc(CN(C)S(=O)(=O)c2ccc3c(c2)[C@H](C)C(=O)N3)cc1OC. The van der Waals surface area contributed by atoms with E-state index in [0.29, 0.717) is 22.7 Å². The molecule has 0 unspecified atom stereocenters. The minimum atomic E-state index is -3.71. The summed E-state index contributed by atoms with van der Waals surface area (Å²) in [5.41, 5.74) is 2.12. The van der Waals surface area contributed by atoms with Gasteiger partial charge in [-0.3, -0.25) is 4.79 Å². The van der Waals surface area contributed by atoms with Crippen LogP contribution in [0.1, 0.15) is 24.0 Å². The summed E-state index contributed by atoms with van der Waals surface area (Å²) in [5, 5.41) is 2.75. The molecule has 1 aliphatic heterocycles. The Labute approximate surface area is 158 Å². The number of hydrogen-bond donors (Lipinski definition) is 1. The van der Waals surface area contributed by atoms with Crippen LogP contribution in [-0.4, -0.2) is 39.9 Å². The summed E-state index contributed by atoms with van der Waals surface area (Å²) in [6.07, 6.45) is 0. The fourth-order valence-electron chi connectivity index (χ4n) is 3.06. The second-order valence-electron chi connectivity index (χ2n) is 6.41. The molecule has 0 aromatic heterocycles. The van der Waals surface area contributed by atoms with Gasteiger partial charge in [-0.25, -0.2) is 8.42 Å². The third-order valence-electron chi connectivity index (χ3n) is 4.70. The van der Waals surface area contributed by atoms with Crippen molar-refractivity contribution in [2.75, 3.05) is 26.6 Å². The highest BCUT2D eigenvalue weighted by molar-refractivity contribution is 7.89. The molecule has 0 saturated carbocycles. The minimum absolute atomic E-state index is 0.127. The largest absolute Gasteiger partial charge is 0.493 e. The van der Waals surface area contributed by atoms with Crippen molar-refractivity contribution in [2.24, 2.45) is 0 Å². The van der Waals surface area contributed by atoms with E-state index in [2.05, 4.69) is 5.32 Å². The van der Waals surface area contributed by atoms with Crippen molar-refractivity contribution < 1.29 is 22.7 Å². The Bertz CT molecular complexity index is 988. The Hall–Kier alpha value is -2.58. The van der Waals surface area contributed by atoms with Crippen molar-refractivity contribution >= 4 is 21.6 Å². The number of hydrogen-bond acceptors (Lipinski definition) is 5. The maximum absolute atomic E-state index is 13.0. The van der Waals surface area contributed by atoms with Crippen molar-refractivity contribution in [1.29, 1.82) is 0 Å². The van der Waals surface area contributed by atoms with Crippen LogP contribution in [0.5, 0.6) is 11.5 Å². The van der Waals surface area contributed by atoms with E-state index < -0.39 is 10.0 Å². The van der Waals surface area contributed by atoms with Crippen molar-refractivity contribution in [3.05, 3.63) is 47.5 Å². The van der Waals surface area contributed by atoms with Crippen LogP contribution >= 0.6 is 0 Å². The van der Waals surface area contributed by atoms with Crippen LogP contribution in [0.3, 0.4) is 0 Å². The highest BCUT2D eigenvalue weighted by Crippen LogP contribution is 2.34. The van der Waals surface area contributed by atoms with Gasteiger partial charge in [0.2, 0.25) is 15.9 Å². The number of carbonyl (C=O) groups is 1. The summed E-state index contributed by atoms with van der Waals surface area (Å²) in [7, 11) is 0.882. The molecule has 0 aliphatic carbocycles. The molecule has 0 saturated heterocycles. The molecule has 1 aliphatic rings. The van der Waals surface area contributed by atoms with Gasteiger partial charge in [0.1, 0.15) is 0 Å². The zero-order valence-corrected chi connectivity index (χ0v) is 16.5. The van der Waals surface area contributed by atoms with Crippen LogP contribution in [0.2, 0.25) is 0 Å². The lowest BCUT2D eigenvalue weighted by atomic mass is 10.0. The van der Waals surface area contributed by atoms with Crippen molar-refractivity contribution in [3.63, 3.8) is 0 Å². The van der Waals surface area contributed by atoms with Gasteiger partial charge in [0.25, 0.3) is 0 Å². The number of nitrogens with one attached hydrogen (secondary N) is 1. The fraction of sp³-hybridized carbons (Fsp3) is 0.316. The monoisotopic (exact) mass is 390 g/mol. The van der Waals surface area contributed by atoms with Crippen LogP contribution in [0.25, 0.3) is 0 Å². The minimum Gasteiger partial charge on any atom is -0.493 e. The summed E-state index contributed by atoms with van der Waals surface area (Å²) >= 11 is 0. The fourth-order valence-corrected chi connectivity index (χ4v) is 4.25. The molecule has 1 heterocycles. The Kier molecular flexibility index (Phi) is 5.12. The first kappa shape index (κ1) is 19.2. The molecule has 144 valence electrons. The summed E-state index contributed by atoms with van der Waals surface area (Å²) in [6.45, 7) is 1.93. The molecule has 27 heavy (non-hydrogen) atoms. The summed E-state index contributed by atoms with van der Waals surface area (Å²) in [4.78, 5) is 11.9. The first-order valence-corrected chi connectivity index (χ1v) is 9.84. The number of anilines is 1. The smallest absolute Gasteiger partial charge is 0.243 e. The third kappa shape index (κ3) is 3.50. The molecule has 2 aromatic carbocycles. The van der Waals surface area contributed by atoms with Crippen LogP contribution in [-0.2, 0) is 21.4 Å². The van der Waals surface area contributed by atoms with E-state index in [1.54, 1.807) is 44.4 Å². The Morgan fingerprint density at radius 1 is 1.07 bits per heavy atom. The summed E-state index contributed by atoms with van der Waals surface area (Å²) in [5.74, 6) is 0.623. The molecule has 0 radical (unpaired) electrons. The van der Waals surface area contributed by atoms with E-state index in [-0.39, 0.29) is 23.3 Å². The highest BCUT2D eigenvalue weighted by atomic mass is 32.2. The van der Waals surface area contributed by atoms with Gasteiger partial charge in [0, 0.05) is 19.3 Å². The quantitative estimate of drug-likeness (QED) is 0.819. The van der Waals surface area contributed by atoms with Crippen molar-refractivity contribution in [2.45, 2.75) is 24.3 Å². The lowest BCUT2D eigenvalue weighted by molar-refractivity contribution is -0.116. The second-order valence-corrected chi connectivity index (χ2v) is 8.46. The number of carbonyl (C=O) groups excluding carboxylic acids is 1. The van der Waals surface area contributed by atoms with Gasteiger partial charge in [0.05, 0.1) is 25.0 Å². The predicted octanol–water partition coefficient (Wildman–Crippen LogP) is 2.58. The Morgan fingerprint density at radius 3 is 2.44 bits per heavy atom. The molecule has 7 nitrogen and oxygen atoms in total. The Balaban J connectivity index is 1.86. The number of benzene rings is 2. The van der Waals surface area contributed by atoms with Gasteiger partial charge in [-0.2, -0.15) is 4.31 Å². The molecule has 8 heteroatoms. The van der Waals surface area contributed by atoms with E-state index >= 15 is 0 Å². The third-order valence-corrected chi connectivity index (χ3v) is 6.50. The number of sulfonamides is 1. The van der Waals surface area contributed by atoms with Gasteiger partial charge in [-0.05, 0) is 48.4 Å². The number of ether oxygens (including phenoxy) is 2. The van der Waals surface area contributed by atoms with E-state index in [0.717, 1.165) is 5.56 Å². The number of amides is 1. The molecular formula is C19H22N2O5S. The van der Waals surface area contributed by atoms with Gasteiger partial charge in [-0.1, -0.05) is 6.07 Å². The molecular weight excluding hydrogens is 368 g/mol. The predicted molar refractivity (Wildman–Crippen MR) is 102 cm³/mol. The molecule has 1 atom stereocenters. The lowest BCUT2D eigenvalue weighted by Crippen LogP contribution is -2.26. The molecule has 0 spiro atoms. The van der Waals surface area contributed by atoms with Gasteiger partial charge < -0.3 is 14.8 Å². The average molecular weight is 390 g/mol. The van der Waals surface area contributed by atoms with Crippen molar-refractivity contribution in [1.82, 2.24) is 4.31 Å². The topological polar surface area (TPSA) is 84.9 Å². The van der Waals surface area contributed by atoms with Crippen LogP contribution in [0, 0.1) is 0 Å². The first-order chi connectivity index (χ1) is 12.8. The average Bonchev–Trinajstić information content (AvgIpc) is 2.95. The maximum Gasteiger partial charge on any atom is 0.243 e. The maximum atomic E-state index is 13.0. The number of methoxy groups -OCH3 is 2. The van der Waals surface area contributed by atoms with E-state index in [9.17, 15) is 13.2 Å². The molecule has 1 amide bonds. The van der Waals surface area contributed by atoms with Crippen molar-refractivity contribution in [3.8, 4) is 11.5 Å². The van der Waals surface area contributed by atoms with Crippen LogP contribution in [0.4, 0.5) is 5.69 Å². The normalized spacial score (nSPS) is 16.2. The number of rotatable bonds is 6. The Morgan fingerprint density at radius 2 is 1.78 bits per heavy atom. The van der Waals surface area contributed by atoms with Crippen LogP contribution in [0.15, 0.2) is 41.3 Å². The second kappa shape index (κ2) is 7.21. The zero-order valence-electron chi connectivity index (χ0n) is 15.6. The molecule has 1 N–H and O–H groups in total. The molecule has 2 aromatic rings. The number of nitrogens with zero attached hydrogens (tertiary/aromatic N) is 1. The lowest BCUT2D eigenvalue weighted by Gasteiger charge is -2.19. The van der Waals surface area contributed by atoms with Gasteiger partial charge >= 0.3 is 0 Å². The molecule has 0 bridgehead atoms. The summed E-state index contributed by atoms with van der Waals surface area (Å²) < 4.78 is 37.7. The van der Waals surface area contributed by atoms with Crippen LogP contribution < -0.4 is 14.8 Å². The highest BCUT2D eigenvalue weighted by Gasteiger charge is 2.29. The van der Waals surface area contributed by atoms with E-state index in [1.807, 2.05) is 0 Å². The standard InChI is InChI=1S/C19H22N2O5S/c1-12-15-10-14(6-7-16(15)20-19(12)22)27(23,24)21(2)11-13-5-8-17(25-3)18(9-13)26-4/h5-10,12H,11H2,1-4H3,(H,20,22)/t12-/m0/s1. The zero-order chi connectivity index (χ0) is 19.8. The number of fused-ring (bicyclic) bond motifs is 1. The van der Waals surface area contributed by atoms with E-state index in [4.69, 9.17) is 9.47 Å². The van der Waals surface area contributed by atoms with Gasteiger partial charge in [0.15, 0.2) is 11.5 Å². The first-order valence-electron chi connectivity index (χ1n) is 8.40. The van der Waals surface area contributed by atoms with E-state index in [1.165, 1.54) is 24.5 Å².